The molecule has 4 fully saturated rings. The Kier molecular flexibility index (Phi) is 6.09. The van der Waals surface area contributed by atoms with Crippen LogP contribution in [-0.2, 0) is 19.1 Å². The van der Waals surface area contributed by atoms with Crippen LogP contribution in [0.25, 0.3) is 0 Å². The fourth-order valence-corrected chi connectivity index (χ4v) is 7.49. The van der Waals surface area contributed by atoms with E-state index in [0.29, 0.717) is 41.1 Å². The quantitative estimate of drug-likeness (QED) is 0.356. The molecule has 5 rings (SSSR count). The van der Waals surface area contributed by atoms with Gasteiger partial charge >= 0.3 is 11.9 Å². The van der Waals surface area contributed by atoms with Gasteiger partial charge in [-0.3, -0.25) is 4.79 Å². The van der Waals surface area contributed by atoms with Crippen LogP contribution in [-0.4, -0.2) is 30.1 Å². The second-order valence-electron chi connectivity index (χ2n) is 8.82. The van der Waals surface area contributed by atoms with Crippen LogP contribution in [0.15, 0.2) is 25.6 Å². The first-order chi connectivity index (χ1) is 14.1. The molecule has 0 aliphatic heterocycles. The van der Waals surface area contributed by atoms with Crippen molar-refractivity contribution in [1.29, 1.82) is 0 Å². The molecule has 6 nitrogen and oxygen atoms in total. The summed E-state index contributed by atoms with van der Waals surface area (Å²) >= 11 is 10.3. The highest BCUT2D eigenvalue weighted by molar-refractivity contribution is 9.13. The molecule has 0 saturated heterocycles. The molecule has 2 unspecified atom stereocenters. The van der Waals surface area contributed by atoms with Gasteiger partial charge in [0.25, 0.3) is 0 Å². The van der Waals surface area contributed by atoms with Crippen molar-refractivity contribution in [2.24, 2.45) is 17.3 Å². The van der Waals surface area contributed by atoms with Crippen molar-refractivity contribution in [3.8, 4) is 0 Å². The lowest BCUT2D eigenvalue weighted by atomic mass is 9.48. The highest BCUT2D eigenvalue weighted by Gasteiger charge is 2.63. The zero-order valence-corrected chi connectivity index (χ0v) is 20.8. The molecule has 0 aromatic heterocycles. The summed E-state index contributed by atoms with van der Waals surface area (Å²) in [6.07, 6.45) is 4.04. The Hall–Kier alpha value is -0.930. The van der Waals surface area contributed by atoms with Crippen LogP contribution in [0.2, 0.25) is 0 Å². The van der Waals surface area contributed by atoms with E-state index in [0.717, 1.165) is 28.2 Å². The van der Waals surface area contributed by atoms with Gasteiger partial charge in [-0.15, -0.1) is 0 Å². The van der Waals surface area contributed by atoms with Crippen LogP contribution in [0.4, 0.5) is 0 Å². The van der Waals surface area contributed by atoms with Crippen molar-refractivity contribution >= 4 is 65.7 Å². The number of aliphatic carboxylic acids is 1. The first-order valence-electron chi connectivity index (χ1n) is 9.86. The molecule has 1 aromatic rings. The predicted octanol–water partition coefficient (Wildman–Crippen LogP) is 4.15. The molecule has 0 spiro atoms. The molecule has 4 saturated carbocycles. The maximum absolute atomic E-state index is 13.1. The number of hydrogen-bond donors (Lipinski definition) is 0. The zero-order chi connectivity index (χ0) is 21.7. The number of carboxylic acid groups (broad SMARTS) is 1. The lowest BCUT2D eigenvalue weighted by molar-refractivity contribution is -0.306. The minimum absolute atomic E-state index is 0.190. The summed E-state index contributed by atoms with van der Waals surface area (Å²) in [6.45, 7) is -0.190. The van der Waals surface area contributed by atoms with Crippen molar-refractivity contribution in [2.75, 3.05) is 6.61 Å². The Bertz CT molecular complexity index is 900. The zero-order valence-electron chi connectivity index (χ0n) is 16.0. The van der Waals surface area contributed by atoms with Gasteiger partial charge in [0.15, 0.2) is 0 Å². The summed E-state index contributed by atoms with van der Waals surface area (Å²) < 4.78 is 13.5. The Balaban J connectivity index is 1.55. The van der Waals surface area contributed by atoms with Gasteiger partial charge in [-0.2, -0.15) is 0 Å². The topological polar surface area (TPSA) is 92.7 Å². The van der Waals surface area contributed by atoms with E-state index in [1.165, 1.54) is 0 Å². The number of hydrogen-bond acceptors (Lipinski definition) is 6. The Morgan fingerprint density at radius 3 is 2.37 bits per heavy atom. The summed E-state index contributed by atoms with van der Waals surface area (Å²) in [5.41, 5.74) is -0.980. The lowest BCUT2D eigenvalue weighted by Gasteiger charge is -2.59. The number of carboxylic acids is 1. The van der Waals surface area contributed by atoms with Crippen molar-refractivity contribution in [3.63, 3.8) is 0 Å². The molecule has 9 heteroatoms. The van der Waals surface area contributed by atoms with Crippen LogP contribution in [0.5, 0.6) is 0 Å². The van der Waals surface area contributed by atoms with E-state index < -0.39 is 23.0 Å². The van der Waals surface area contributed by atoms with E-state index in [1.807, 2.05) is 6.07 Å². The van der Waals surface area contributed by atoms with Gasteiger partial charge in [0.2, 0.25) is 0 Å². The first-order valence-corrected chi connectivity index (χ1v) is 12.2. The van der Waals surface area contributed by atoms with E-state index in [-0.39, 0.29) is 19.0 Å². The van der Waals surface area contributed by atoms with E-state index in [1.54, 1.807) is 6.07 Å². The number of rotatable bonds is 6. The third-order valence-electron chi connectivity index (χ3n) is 6.50. The van der Waals surface area contributed by atoms with Crippen molar-refractivity contribution in [1.82, 2.24) is 0 Å². The second-order valence-corrected chi connectivity index (χ2v) is 11.4. The summed E-state index contributed by atoms with van der Waals surface area (Å²) in [5.74, 6) is -1.45. The van der Waals surface area contributed by atoms with Crippen LogP contribution < -0.4 is 5.11 Å². The molecule has 30 heavy (non-hydrogen) atoms. The van der Waals surface area contributed by atoms with Gasteiger partial charge in [0.05, 0.1) is 17.6 Å². The second kappa shape index (κ2) is 8.20. The first kappa shape index (κ1) is 22.3. The molecule has 2 atom stereocenters. The van der Waals surface area contributed by atoms with Crippen molar-refractivity contribution in [3.05, 3.63) is 31.1 Å². The number of carbonyl (C=O) groups excluding carboxylic acids is 3. The smallest absolute Gasteiger partial charge is 0.339 e. The maximum atomic E-state index is 13.1. The average Bonchev–Trinajstić information content (AvgIpc) is 2.62. The molecule has 0 radical (unpaired) electrons. The van der Waals surface area contributed by atoms with E-state index in [9.17, 15) is 19.5 Å². The van der Waals surface area contributed by atoms with Crippen LogP contribution in [0.3, 0.4) is 0 Å². The molecule has 0 N–H and O–H groups in total. The molecular weight excluding hydrogens is 588 g/mol. The van der Waals surface area contributed by atoms with Crippen LogP contribution in [0.1, 0.15) is 55.3 Å². The molecule has 1 aromatic carbocycles. The summed E-state index contributed by atoms with van der Waals surface area (Å²) in [7, 11) is 0. The van der Waals surface area contributed by atoms with Gasteiger partial charge in [-0.05, 0) is 87.9 Å². The molecule has 162 valence electrons. The van der Waals surface area contributed by atoms with Crippen molar-refractivity contribution < 1.29 is 29.0 Å². The number of esters is 2. The van der Waals surface area contributed by atoms with Gasteiger partial charge in [-0.25, -0.2) is 4.79 Å². The van der Waals surface area contributed by atoms with E-state index >= 15 is 0 Å². The molecule has 0 amide bonds. The number of halogens is 3. The Morgan fingerprint density at radius 2 is 1.73 bits per heavy atom. The SMILES string of the molecule is O=C([O-])CCOC(=O)C12CC3CC(CC(OC(=O)c4cc(Br)cc(Br)c4Br)(C3)C1)C2. The largest absolute Gasteiger partial charge is 0.550 e. The monoisotopic (exact) mass is 605 g/mol. The van der Waals surface area contributed by atoms with Gasteiger partial charge in [0, 0.05) is 32.2 Å². The third-order valence-corrected chi connectivity index (χ3v) is 8.97. The normalized spacial score (nSPS) is 31.4. The minimum Gasteiger partial charge on any atom is -0.550 e. The summed E-state index contributed by atoms with van der Waals surface area (Å²) in [5, 5.41) is 10.6. The molecule has 0 heterocycles. The van der Waals surface area contributed by atoms with Crippen LogP contribution >= 0.6 is 47.8 Å². The lowest BCUT2D eigenvalue weighted by Crippen LogP contribution is -2.60. The Labute approximate surface area is 199 Å². The fraction of sp³-hybridized carbons (Fsp3) is 0.571. The number of benzene rings is 1. The van der Waals surface area contributed by atoms with Gasteiger partial charge < -0.3 is 19.4 Å². The average molecular weight is 608 g/mol. The highest BCUT2D eigenvalue weighted by Crippen LogP contribution is 2.63. The standard InChI is InChI=1S/C21H21Br3O6/c22-13-4-14(17(24)15(23)5-13)18(27)30-21-8-11-3-12(9-21)7-20(6-11,10-21)19(28)29-2-1-16(25)26/h4-5,11-12H,1-3,6-10H2,(H,25,26)/p-1. The summed E-state index contributed by atoms with van der Waals surface area (Å²) in [6, 6.07) is 3.55. The van der Waals surface area contributed by atoms with Gasteiger partial charge in [0.1, 0.15) is 5.60 Å². The maximum Gasteiger partial charge on any atom is 0.339 e. The predicted molar refractivity (Wildman–Crippen MR) is 115 cm³/mol. The van der Waals surface area contributed by atoms with E-state index in [4.69, 9.17) is 9.47 Å². The van der Waals surface area contributed by atoms with Gasteiger partial charge in [-0.1, -0.05) is 15.9 Å². The summed E-state index contributed by atoms with van der Waals surface area (Å²) in [4.78, 5) is 36.7. The molecule has 4 bridgehead atoms. The number of ether oxygens (including phenoxy) is 2. The Morgan fingerprint density at radius 1 is 1.07 bits per heavy atom. The van der Waals surface area contributed by atoms with E-state index in [2.05, 4.69) is 47.8 Å². The highest BCUT2D eigenvalue weighted by atomic mass is 79.9. The van der Waals surface area contributed by atoms with Crippen molar-refractivity contribution in [2.45, 2.75) is 50.5 Å². The number of carbonyl (C=O) groups is 3. The molecule has 4 aliphatic rings. The fourth-order valence-electron chi connectivity index (χ4n) is 5.87. The minimum atomic E-state index is -1.25. The molecule has 4 aliphatic carbocycles. The van der Waals surface area contributed by atoms with Crippen LogP contribution in [0, 0.1) is 17.3 Å². The molecular formula is C21H20Br3O6-. The third kappa shape index (κ3) is 4.21.